The molecule has 2 aromatic heterocycles. The molecule has 0 saturated carbocycles. The normalized spacial score (nSPS) is 30.8. The van der Waals surface area contributed by atoms with Crippen molar-refractivity contribution < 1.29 is 18.3 Å². The fraction of sp³-hybridized carbons (Fsp3) is 0.333. The van der Waals surface area contributed by atoms with Gasteiger partial charge in [-0.3, -0.25) is 0 Å². The van der Waals surface area contributed by atoms with Crippen LogP contribution in [0.15, 0.2) is 144 Å². The number of ether oxygens (including phenoxy) is 2. The molecule has 0 aromatic carbocycles. The van der Waals surface area contributed by atoms with E-state index in [9.17, 15) is 0 Å². The van der Waals surface area contributed by atoms with Crippen LogP contribution in [0.2, 0.25) is 0 Å². The minimum atomic E-state index is 0.0384. The van der Waals surface area contributed by atoms with Crippen LogP contribution in [0.4, 0.5) is 0 Å². The zero-order chi connectivity index (χ0) is 37.9. The van der Waals surface area contributed by atoms with Gasteiger partial charge in [0.05, 0.1) is 23.3 Å². The molecule has 9 aliphatic carbocycles. The number of rotatable bonds is 4. The second-order valence-electron chi connectivity index (χ2n) is 18.0. The number of aryl methyl sites for hydroxylation is 1. The van der Waals surface area contributed by atoms with Crippen molar-refractivity contribution in [3.05, 3.63) is 180 Å². The van der Waals surface area contributed by atoms with Crippen LogP contribution in [-0.4, -0.2) is 12.2 Å². The molecule has 6 atom stereocenters. The monoisotopic (exact) mass is 760 g/mol. The molecule has 0 N–H and O–H groups in total. The van der Waals surface area contributed by atoms with Gasteiger partial charge in [0, 0.05) is 52.9 Å². The van der Waals surface area contributed by atoms with Crippen molar-refractivity contribution >= 4 is 30.1 Å². The van der Waals surface area contributed by atoms with E-state index in [2.05, 4.69) is 109 Å². The van der Waals surface area contributed by atoms with Gasteiger partial charge in [-0.15, -0.1) is 0 Å². The molecular formula is C54H48O4. The molecule has 11 aliphatic rings. The third-order valence-corrected chi connectivity index (χ3v) is 14.8. The van der Waals surface area contributed by atoms with Crippen LogP contribution in [0, 0.1) is 17.8 Å². The largest absolute Gasteiger partial charge is 0.464 e. The second-order valence-corrected chi connectivity index (χ2v) is 18.0. The van der Waals surface area contributed by atoms with Crippen molar-refractivity contribution in [1.29, 1.82) is 0 Å². The molecule has 1 fully saturated rings. The summed E-state index contributed by atoms with van der Waals surface area (Å²) in [7, 11) is 0. The van der Waals surface area contributed by atoms with E-state index >= 15 is 0 Å². The summed E-state index contributed by atoms with van der Waals surface area (Å²) in [6.45, 7) is 0. The summed E-state index contributed by atoms with van der Waals surface area (Å²) in [6.07, 6.45) is 54.8. The molecule has 0 spiro atoms. The summed E-state index contributed by atoms with van der Waals surface area (Å²) in [5.74, 6) is 6.70. The van der Waals surface area contributed by atoms with Crippen LogP contribution in [0.3, 0.4) is 0 Å². The highest BCUT2D eigenvalue weighted by molar-refractivity contribution is 5.76. The molecule has 4 nitrogen and oxygen atoms in total. The minimum Gasteiger partial charge on any atom is -0.464 e. The average Bonchev–Trinajstić information content (AvgIpc) is 4.05. The van der Waals surface area contributed by atoms with E-state index in [-0.39, 0.29) is 24.0 Å². The Morgan fingerprint density at radius 3 is 2.29 bits per heavy atom. The molecule has 0 bridgehead atoms. The van der Waals surface area contributed by atoms with E-state index in [1.54, 1.807) is 0 Å². The van der Waals surface area contributed by atoms with Gasteiger partial charge in [-0.1, -0.05) is 91.1 Å². The Bertz CT molecular complexity index is 2760. The lowest BCUT2D eigenvalue weighted by molar-refractivity contribution is 0.0748. The predicted octanol–water partition coefficient (Wildman–Crippen LogP) is 11.2. The van der Waals surface area contributed by atoms with Gasteiger partial charge in [-0.2, -0.15) is 0 Å². The lowest BCUT2D eigenvalue weighted by atomic mass is 9.77. The lowest BCUT2D eigenvalue weighted by Crippen LogP contribution is -2.32. The fourth-order valence-corrected chi connectivity index (χ4v) is 11.8. The van der Waals surface area contributed by atoms with Crippen molar-refractivity contribution in [3.8, 4) is 0 Å². The molecule has 13 rings (SSSR count). The summed E-state index contributed by atoms with van der Waals surface area (Å²) >= 11 is 0. The zero-order valence-corrected chi connectivity index (χ0v) is 33.0. The molecule has 1 saturated heterocycles. The lowest BCUT2D eigenvalue weighted by Gasteiger charge is -2.26. The van der Waals surface area contributed by atoms with Gasteiger partial charge in [0.15, 0.2) is 0 Å². The smallest absolute Gasteiger partial charge is 0.134 e. The third-order valence-electron chi connectivity index (χ3n) is 14.8. The first-order chi connectivity index (χ1) is 28.7. The molecular weight excluding hydrogens is 713 g/mol. The SMILES string of the molecule is C1=CCCC(C2=CC3=C(CC2)OC2=c4c5c(oc4=CCC32)C=CC(C2=CCC(C3=CCC4OC6C=Cc7c(oc8c7C=C(C7=CC=CCC7)CC8)C6C4=C3)C=C2)C5)=C1. The second kappa shape index (κ2) is 13.1. The van der Waals surface area contributed by atoms with Crippen molar-refractivity contribution in [2.45, 2.75) is 95.2 Å². The van der Waals surface area contributed by atoms with Gasteiger partial charge < -0.3 is 18.3 Å². The Labute approximate surface area is 340 Å². The van der Waals surface area contributed by atoms with Crippen LogP contribution in [-0.2, 0) is 22.3 Å². The predicted molar refractivity (Wildman–Crippen MR) is 230 cm³/mol. The summed E-state index contributed by atoms with van der Waals surface area (Å²) in [5, 5.41) is 1.22. The highest BCUT2D eigenvalue weighted by Crippen LogP contribution is 2.52. The maximum absolute atomic E-state index is 6.80. The summed E-state index contributed by atoms with van der Waals surface area (Å²) in [6, 6.07) is 0. The molecule has 2 aromatic rings. The molecule has 288 valence electrons. The fourth-order valence-electron chi connectivity index (χ4n) is 11.8. The van der Waals surface area contributed by atoms with E-state index in [0.29, 0.717) is 11.8 Å². The molecule has 58 heavy (non-hydrogen) atoms. The molecule has 4 heterocycles. The number of furan rings is 2. The van der Waals surface area contributed by atoms with Gasteiger partial charge in [0.25, 0.3) is 0 Å². The number of hydrogen-bond donors (Lipinski definition) is 0. The maximum Gasteiger partial charge on any atom is 0.134 e. The third kappa shape index (κ3) is 5.23. The van der Waals surface area contributed by atoms with Crippen LogP contribution in [0.25, 0.3) is 30.1 Å². The number of allylic oxidation sites excluding steroid dienone is 19. The van der Waals surface area contributed by atoms with Crippen LogP contribution in [0.5, 0.6) is 0 Å². The Kier molecular flexibility index (Phi) is 7.59. The van der Waals surface area contributed by atoms with Gasteiger partial charge in [0.2, 0.25) is 0 Å². The maximum atomic E-state index is 6.80. The molecule has 4 heteroatoms. The van der Waals surface area contributed by atoms with Gasteiger partial charge in [0.1, 0.15) is 34.2 Å². The van der Waals surface area contributed by atoms with E-state index in [1.807, 2.05) is 0 Å². The molecule has 6 unspecified atom stereocenters. The average molecular weight is 761 g/mol. The Morgan fingerprint density at radius 1 is 0.638 bits per heavy atom. The molecule has 0 radical (unpaired) electrons. The minimum absolute atomic E-state index is 0.0384. The standard InChI is InChI=1S/C54H48O4/c1-3-7-31(8-4-1)35-15-21-45-41(27-35)39-19-25-49-51(53(39)57-45)43-29-37(17-23-47(43)55-49)33-11-13-34(14-12-33)38-18-24-48-44(30-38)52-50(56-48)26-20-40-42-28-36(32-9-5-2-6-10-32)16-22-46(42)58-54(40)52/h1-3,5,7,9,11-13,17-18,20,23,25-28,30,34,37,39,48,50,52H,4,6,8,10,14-16,19,21-22,24,29H2. The molecule has 2 aliphatic heterocycles. The zero-order valence-electron chi connectivity index (χ0n) is 33.0. The van der Waals surface area contributed by atoms with E-state index < -0.39 is 0 Å². The first-order valence-corrected chi connectivity index (χ1v) is 22.1. The highest BCUT2D eigenvalue weighted by Gasteiger charge is 2.46. The van der Waals surface area contributed by atoms with Crippen molar-refractivity contribution in [2.75, 3.05) is 0 Å². The Morgan fingerprint density at radius 2 is 1.47 bits per heavy atom. The quantitative estimate of drug-likeness (QED) is 0.311. The number of hydrogen-bond acceptors (Lipinski definition) is 4. The first kappa shape index (κ1) is 33.6. The van der Waals surface area contributed by atoms with E-state index in [4.69, 9.17) is 18.3 Å². The van der Waals surface area contributed by atoms with Gasteiger partial charge in [-0.25, -0.2) is 0 Å². The van der Waals surface area contributed by atoms with Crippen molar-refractivity contribution in [2.24, 2.45) is 17.8 Å². The first-order valence-electron chi connectivity index (χ1n) is 22.1. The highest BCUT2D eigenvalue weighted by atomic mass is 16.5. The van der Waals surface area contributed by atoms with Gasteiger partial charge >= 0.3 is 0 Å². The van der Waals surface area contributed by atoms with E-state index in [0.717, 1.165) is 106 Å². The van der Waals surface area contributed by atoms with E-state index in [1.165, 1.54) is 72.3 Å². The Hall–Kier alpha value is -5.32. The summed E-state index contributed by atoms with van der Waals surface area (Å²) in [5.41, 5.74) is 16.5. The summed E-state index contributed by atoms with van der Waals surface area (Å²) < 4.78 is 26.8. The van der Waals surface area contributed by atoms with Crippen molar-refractivity contribution in [3.63, 3.8) is 0 Å². The Balaban J connectivity index is 0.740. The summed E-state index contributed by atoms with van der Waals surface area (Å²) in [4.78, 5) is 0. The van der Waals surface area contributed by atoms with Crippen LogP contribution in [0.1, 0.15) is 104 Å². The number of fused-ring (bicyclic) bond motifs is 12. The van der Waals surface area contributed by atoms with Crippen molar-refractivity contribution in [1.82, 2.24) is 0 Å². The topological polar surface area (TPSA) is 44.7 Å². The van der Waals surface area contributed by atoms with Crippen LogP contribution >= 0.6 is 0 Å². The molecule has 0 amide bonds. The van der Waals surface area contributed by atoms with Crippen LogP contribution < -0.4 is 10.6 Å². The van der Waals surface area contributed by atoms with Gasteiger partial charge in [-0.05, 0) is 121 Å².